The molecule has 0 aliphatic heterocycles. The molecule has 0 saturated heterocycles. The maximum atomic E-state index is 11.1. The monoisotopic (exact) mass is 292 g/mol. The van der Waals surface area contributed by atoms with Gasteiger partial charge >= 0.3 is 5.97 Å². The van der Waals surface area contributed by atoms with Gasteiger partial charge in [-0.1, -0.05) is 12.1 Å². The van der Waals surface area contributed by atoms with Crippen LogP contribution < -0.4 is 4.74 Å². The van der Waals surface area contributed by atoms with E-state index in [4.69, 9.17) is 9.84 Å². The topological polar surface area (TPSA) is 63.6 Å². The molecule has 1 aromatic carbocycles. The summed E-state index contributed by atoms with van der Waals surface area (Å²) in [4.78, 5) is 22.0. The Kier molecular flexibility index (Phi) is 5.94. The number of carboxylic acid groups (broad SMARTS) is 1. The molecule has 0 aliphatic rings. The number of aldehydes is 1. The minimum atomic E-state index is -0.834. The first-order valence-corrected chi connectivity index (χ1v) is 7.17. The zero-order valence-corrected chi connectivity index (χ0v) is 13.2. The fraction of sp³-hybridized carbons (Fsp3) is 0.529. The maximum absolute atomic E-state index is 11.1. The molecule has 4 heteroatoms. The molecule has 0 spiro atoms. The molecule has 0 saturated carbocycles. The molecule has 0 amide bonds. The van der Waals surface area contributed by atoms with E-state index < -0.39 is 11.4 Å². The lowest BCUT2D eigenvalue weighted by atomic mass is 9.86. The van der Waals surface area contributed by atoms with E-state index in [9.17, 15) is 9.59 Å². The van der Waals surface area contributed by atoms with E-state index in [0.29, 0.717) is 12.8 Å². The Balaban J connectivity index is 2.76. The second-order valence-electron chi connectivity index (χ2n) is 6.14. The molecule has 1 N–H and O–H groups in total. The van der Waals surface area contributed by atoms with Gasteiger partial charge in [-0.15, -0.1) is 0 Å². The average molecular weight is 292 g/mol. The zero-order valence-electron chi connectivity index (χ0n) is 13.2. The minimum absolute atomic E-state index is 0.267. The number of carbonyl (C=O) groups excluding carboxylic acids is 1. The van der Waals surface area contributed by atoms with E-state index in [0.717, 1.165) is 23.2 Å². The summed E-state index contributed by atoms with van der Waals surface area (Å²) >= 11 is 0. The first-order valence-electron chi connectivity index (χ1n) is 7.17. The van der Waals surface area contributed by atoms with Crippen LogP contribution in [-0.4, -0.2) is 23.5 Å². The minimum Gasteiger partial charge on any atom is -0.490 e. The van der Waals surface area contributed by atoms with Crippen LogP contribution in [0.4, 0.5) is 0 Å². The van der Waals surface area contributed by atoms with Crippen LogP contribution in [0.5, 0.6) is 5.75 Å². The van der Waals surface area contributed by atoms with Gasteiger partial charge in [-0.25, -0.2) is 0 Å². The van der Waals surface area contributed by atoms with Crippen LogP contribution in [0.15, 0.2) is 18.2 Å². The van der Waals surface area contributed by atoms with Gasteiger partial charge in [0.05, 0.1) is 5.41 Å². The smallest absolute Gasteiger partial charge is 0.309 e. The molecule has 0 heterocycles. The number of aryl methyl sites for hydroxylation is 2. The second-order valence-corrected chi connectivity index (χ2v) is 6.14. The molecule has 4 nitrogen and oxygen atoms in total. The summed E-state index contributed by atoms with van der Waals surface area (Å²) in [5.74, 6) is -0.0749. The molecule has 1 rings (SSSR count). The molecule has 0 aromatic heterocycles. The summed E-state index contributed by atoms with van der Waals surface area (Å²) in [5, 5.41) is 9.14. The number of aliphatic carboxylic acids is 1. The van der Waals surface area contributed by atoms with Crippen molar-refractivity contribution in [2.75, 3.05) is 0 Å². The van der Waals surface area contributed by atoms with Crippen molar-refractivity contribution in [3.8, 4) is 5.75 Å². The van der Waals surface area contributed by atoms with E-state index in [1.54, 1.807) is 13.8 Å². The predicted molar refractivity (Wildman–Crippen MR) is 81.7 cm³/mol. The van der Waals surface area contributed by atoms with Crippen molar-refractivity contribution >= 4 is 12.3 Å². The summed E-state index contributed by atoms with van der Waals surface area (Å²) in [6, 6.07) is 5.92. The second kappa shape index (κ2) is 7.25. The first-order chi connectivity index (χ1) is 9.76. The number of benzene rings is 1. The van der Waals surface area contributed by atoms with Crippen LogP contribution in [0.2, 0.25) is 0 Å². The normalized spacial score (nSPS) is 12.8. The van der Waals surface area contributed by atoms with Gasteiger partial charge < -0.3 is 14.6 Å². The summed E-state index contributed by atoms with van der Waals surface area (Å²) in [6.07, 6.45) is 1.80. The molecule has 1 aromatic rings. The zero-order chi connectivity index (χ0) is 16.0. The van der Waals surface area contributed by atoms with Gasteiger partial charge in [0.25, 0.3) is 0 Å². The summed E-state index contributed by atoms with van der Waals surface area (Å²) in [5.41, 5.74) is 1.28. The lowest BCUT2D eigenvalue weighted by Crippen LogP contribution is -2.27. The molecular weight excluding hydrogens is 268 g/mol. The Hall–Kier alpha value is -1.84. The van der Waals surface area contributed by atoms with Crippen LogP contribution in [0.25, 0.3) is 0 Å². The van der Waals surface area contributed by atoms with E-state index in [1.165, 1.54) is 0 Å². The standard InChI is InChI=1S/C17H24O4/c1-12-5-6-13(2)15(11-12)21-14(8-10-18)7-9-17(3,4)16(19)20/h5-6,10-11,14H,7-9H2,1-4H3,(H,19,20). The summed E-state index contributed by atoms with van der Waals surface area (Å²) in [6.45, 7) is 7.30. The van der Waals surface area contributed by atoms with Crippen molar-refractivity contribution in [1.29, 1.82) is 0 Å². The van der Waals surface area contributed by atoms with Crippen LogP contribution in [-0.2, 0) is 9.59 Å². The third-order valence-electron chi connectivity index (χ3n) is 3.67. The van der Waals surface area contributed by atoms with E-state index in [1.807, 2.05) is 32.0 Å². The van der Waals surface area contributed by atoms with Crippen molar-refractivity contribution < 1.29 is 19.4 Å². The van der Waals surface area contributed by atoms with Crippen LogP contribution in [0.3, 0.4) is 0 Å². The van der Waals surface area contributed by atoms with E-state index >= 15 is 0 Å². The highest BCUT2D eigenvalue weighted by atomic mass is 16.5. The fourth-order valence-corrected chi connectivity index (χ4v) is 1.97. The summed E-state index contributed by atoms with van der Waals surface area (Å²) in [7, 11) is 0. The molecule has 0 radical (unpaired) electrons. The van der Waals surface area contributed by atoms with Crippen molar-refractivity contribution in [2.24, 2.45) is 5.41 Å². The van der Waals surface area contributed by atoms with Gasteiger partial charge in [0.1, 0.15) is 18.1 Å². The highest BCUT2D eigenvalue weighted by Crippen LogP contribution is 2.27. The number of hydrogen-bond acceptors (Lipinski definition) is 3. The Labute approximate surface area is 126 Å². The highest BCUT2D eigenvalue weighted by Gasteiger charge is 2.28. The molecular formula is C17H24O4. The molecule has 116 valence electrons. The largest absolute Gasteiger partial charge is 0.490 e. The Morgan fingerprint density at radius 3 is 2.62 bits per heavy atom. The number of rotatable bonds is 8. The van der Waals surface area contributed by atoms with Crippen LogP contribution in [0.1, 0.15) is 44.2 Å². The Morgan fingerprint density at radius 2 is 2.05 bits per heavy atom. The molecule has 0 bridgehead atoms. The van der Waals surface area contributed by atoms with Crippen LogP contribution >= 0.6 is 0 Å². The van der Waals surface area contributed by atoms with E-state index in [2.05, 4.69) is 0 Å². The Bertz CT molecular complexity index is 506. The van der Waals surface area contributed by atoms with Gasteiger partial charge in [-0.05, 0) is 57.7 Å². The van der Waals surface area contributed by atoms with Crippen molar-refractivity contribution in [1.82, 2.24) is 0 Å². The third kappa shape index (κ3) is 5.21. The SMILES string of the molecule is Cc1ccc(C)c(OC(CC=O)CCC(C)(C)C(=O)O)c1. The quantitative estimate of drug-likeness (QED) is 0.744. The fourth-order valence-electron chi connectivity index (χ4n) is 1.97. The highest BCUT2D eigenvalue weighted by molar-refractivity contribution is 5.73. The lowest BCUT2D eigenvalue weighted by Gasteiger charge is -2.24. The van der Waals surface area contributed by atoms with E-state index in [-0.39, 0.29) is 12.5 Å². The van der Waals surface area contributed by atoms with Gasteiger partial charge in [0, 0.05) is 6.42 Å². The number of hydrogen-bond donors (Lipinski definition) is 1. The molecule has 0 fully saturated rings. The molecule has 1 unspecified atom stereocenters. The average Bonchev–Trinajstić information content (AvgIpc) is 2.40. The van der Waals surface area contributed by atoms with Gasteiger partial charge in [0.2, 0.25) is 0 Å². The summed E-state index contributed by atoms with van der Waals surface area (Å²) < 4.78 is 5.92. The van der Waals surface area contributed by atoms with Crippen molar-refractivity contribution in [2.45, 2.75) is 53.1 Å². The predicted octanol–water partition coefficient (Wildman–Crippen LogP) is 3.53. The number of carbonyl (C=O) groups is 2. The Morgan fingerprint density at radius 1 is 1.38 bits per heavy atom. The van der Waals surface area contributed by atoms with Crippen LogP contribution in [0, 0.1) is 19.3 Å². The van der Waals surface area contributed by atoms with Crippen molar-refractivity contribution in [3.63, 3.8) is 0 Å². The first kappa shape index (κ1) is 17.2. The lowest BCUT2D eigenvalue weighted by molar-refractivity contribution is -0.147. The number of carboxylic acids is 1. The van der Waals surface area contributed by atoms with Gasteiger partial charge in [-0.2, -0.15) is 0 Å². The maximum Gasteiger partial charge on any atom is 0.309 e. The molecule has 1 atom stereocenters. The van der Waals surface area contributed by atoms with Gasteiger partial charge in [0.15, 0.2) is 0 Å². The molecule has 21 heavy (non-hydrogen) atoms. The third-order valence-corrected chi connectivity index (χ3v) is 3.67. The van der Waals surface area contributed by atoms with Gasteiger partial charge in [-0.3, -0.25) is 4.79 Å². The number of ether oxygens (including phenoxy) is 1. The molecule has 0 aliphatic carbocycles. The van der Waals surface area contributed by atoms with Crippen molar-refractivity contribution in [3.05, 3.63) is 29.3 Å².